The summed E-state index contributed by atoms with van der Waals surface area (Å²) in [7, 11) is 0. The lowest BCUT2D eigenvalue weighted by molar-refractivity contribution is -0.0762. The molecule has 2 rings (SSSR count). The smallest absolute Gasteiger partial charge is 0.0292 e. The zero-order valence-electron chi connectivity index (χ0n) is 13.3. The van der Waals surface area contributed by atoms with Crippen molar-refractivity contribution in [3.05, 3.63) is 0 Å². The highest BCUT2D eigenvalue weighted by atomic mass is 14.6. The zero-order valence-corrected chi connectivity index (χ0v) is 13.3. The average Bonchev–Trinajstić information content (AvgIpc) is 2.35. The van der Waals surface area contributed by atoms with Gasteiger partial charge in [0.05, 0.1) is 0 Å². The van der Waals surface area contributed by atoms with Crippen molar-refractivity contribution in [3.63, 3.8) is 0 Å². The molecule has 0 saturated heterocycles. The normalized spacial score (nSPS) is 47.5. The van der Waals surface area contributed by atoms with E-state index in [-0.39, 0.29) is 0 Å². The first-order chi connectivity index (χ1) is 8.51. The Balaban J connectivity index is 1.86. The third kappa shape index (κ3) is 2.49. The Labute approximate surface area is 115 Å². The van der Waals surface area contributed by atoms with Crippen molar-refractivity contribution in [1.82, 2.24) is 0 Å². The molecule has 0 aromatic carbocycles. The molecule has 18 heavy (non-hydrogen) atoms. The van der Waals surface area contributed by atoms with Gasteiger partial charge in [-0.05, 0) is 54.3 Å². The van der Waals surface area contributed by atoms with Crippen LogP contribution in [-0.4, -0.2) is 0 Å². The summed E-state index contributed by atoms with van der Waals surface area (Å²) in [5.41, 5.74) is 0.686. The van der Waals surface area contributed by atoms with Crippen LogP contribution < -0.4 is 0 Å². The molecule has 2 aliphatic rings. The van der Waals surface area contributed by atoms with Crippen LogP contribution in [0, 0.1) is 35.0 Å². The Morgan fingerprint density at radius 1 is 1.00 bits per heavy atom. The number of hydrogen-bond donors (Lipinski definition) is 0. The molecule has 6 atom stereocenters. The van der Waals surface area contributed by atoms with E-state index in [1.54, 1.807) is 0 Å². The minimum absolute atomic E-state index is 0.686. The summed E-state index contributed by atoms with van der Waals surface area (Å²) in [6, 6.07) is 0. The molecule has 0 radical (unpaired) electrons. The molecule has 0 amide bonds. The lowest BCUT2D eigenvalue weighted by Crippen LogP contribution is -2.49. The third-order valence-electron chi connectivity index (χ3n) is 6.57. The minimum Gasteiger partial charge on any atom is -0.0654 e. The maximum Gasteiger partial charge on any atom is -0.0292 e. The van der Waals surface area contributed by atoms with Gasteiger partial charge in [0.1, 0.15) is 0 Å². The summed E-state index contributed by atoms with van der Waals surface area (Å²) >= 11 is 0. The fourth-order valence-corrected chi connectivity index (χ4v) is 5.07. The Kier molecular flexibility index (Phi) is 4.44. The lowest BCUT2D eigenvalue weighted by Gasteiger charge is -2.57. The van der Waals surface area contributed by atoms with Gasteiger partial charge in [-0.3, -0.25) is 0 Å². The topological polar surface area (TPSA) is 0 Å². The van der Waals surface area contributed by atoms with Crippen LogP contribution in [0.4, 0.5) is 0 Å². The predicted octanol–water partition coefficient (Wildman–Crippen LogP) is 5.91. The Morgan fingerprint density at radius 2 is 1.61 bits per heavy atom. The molecule has 0 spiro atoms. The van der Waals surface area contributed by atoms with Crippen molar-refractivity contribution in [1.29, 1.82) is 0 Å². The molecule has 2 aliphatic carbocycles. The molecule has 0 heterocycles. The van der Waals surface area contributed by atoms with Gasteiger partial charge in [-0.25, -0.2) is 0 Å². The molecule has 0 bridgehead atoms. The second-order valence-electron chi connectivity index (χ2n) is 7.83. The van der Waals surface area contributed by atoms with Crippen LogP contribution in [0.15, 0.2) is 0 Å². The molecule has 0 heteroatoms. The number of hydrogen-bond acceptors (Lipinski definition) is 0. The minimum atomic E-state index is 0.686. The molecule has 106 valence electrons. The Hall–Kier alpha value is 0. The van der Waals surface area contributed by atoms with Gasteiger partial charge in [-0.15, -0.1) is 0 Å². The van der Waals surface area contributed by atoms with E-state index in [2.05, 4.69) is 34.6 Å². The van der Waals surface area contributed by atoms with Crippen LogP contribution in [0.25, 0.3) is 0 Å². The van der Waals surface area contributed by atoms with E-state index < -0.39 is 0 Å². The Bertz CT molecular complexity index is 267. The molecule has 0 aromatic rings. The largest absolute Gasteiger partial charge is 0.0654 e. The highest BCUT2D eigenvalue weighted by molar-refractivity contribution is 5.00. The summed E-state index contributed by atoms with van der Waals surface area (Å²) in [6.45, 7) is 12.3. The standard InChI is InChI=1S/C18H34/c1-6-8-15-10-13(3)17(15)12-18(5)11-16(9-7-2)14(18)4/h13-17H,6-12H2,1-5H3. The quantitative estimate of drug-likeness (QED) is 0.549. The van der Waals surface area contributed by atoms with E-state index in [0.29, 0.717) is 5.41 Å². The summed E-state index contributed by atoms with van der Waals surface area (Å²) in [6.07, 6.45) is 10.3. The molecule has 0 aliphatic heterocycles. The first kappa shape index (κ1) is 14.4. The molecule has 2 saturated carbocycles. The highest BCUT2D eigenvalue weighted by Gasteiger charge is 2.50. The SMILES string of the molecule is CCCC1CC(C)C1CC1(C)CC(CCC)C1C. The van der Waals surface area contributed by atoms with Gasteiger partial charge in [0.2, 0.25) is 0 Å². The van der Waals surface area contributed by atoms with Crippen molar-refractivity contribution in [2.24, 2.45) is 35.0 Å². The average molecular weight is 250 g/mol. The maximum absolute atomic E-state index is 2.58. The van der Waals surface area contributed by atoms with Crippen LogP contribution in [0.2, 0.25) is 0 Å². The summed E-state index contributed by atoms with van der Waals surface area (Å²) in [5, 5.41) is 0. The van der Waals surface area contributed by atoms with E-state index in [4.69, 9.17) is 0 Å². The van der Waals surface area contributed by atoms with Crippen molar-refractivity contribution >= 4 is 0 Å². The highest BCUT2D eigenvalue weighted by Crippen LogP contribution is 2.59. The fraction of sp³-hybridized carbons (Fsp3) is 1.00. The van der Waals surface area contributed by atoms with Crippen molar-refractivity contribution < 1.29 is 0 Å². The summed E-state index contributed by atoms with van der Waals surface area (Å²) < 4.78 is 0. The molecular formula is C18H34. The maximum atomic E-state index is 2.58. The molecule has 0 N–H and O–H groups in total. The molecule has 0 nitrogen and oxygen atoms in total. The van der Waals surface area contributed by atoms with Crippen molar-refractivity contribution in [3.8, 4) is 0 Å². The van der Waals surface area contributed by atoms with Gasteiger partial charge < -0.3 is 0 Å². The first-order valence-corrected chi connectivity index (χ1v) is 8.51. The van der Waals surface area contributed by atoms with E-state index in [0.717, 1.165) is 29.6 Å². The predicted molar refractivity (Wildman–Crippen MR) is 80.6 cm³/mol. The monoisotopic (exact) mass is 250 g/mol. The van der Waals surface area contributed by atoms with E-state index in [1.165, 1.54) is 44.9 Å². The summed E-state index contributed by atoms with van der Waals surface area (Å²) in [4.78, 5) is 0. The lowest BCUT2D eigenvalue weighted by atomic mass is 9.48. The van der Waals surface area contributed by atoms with E-state index in [9.17, 15) is 0 Å². The third-order valence-corrected chi connectivity index (χ3v) is 6.57. The van der Waals surface area contributed by atoms with Crippen molar-refractivity contribution in [2.45, 2.75) is 79.6 Å². The molecule has 6 unspecified atom stereocenters. The molecular weight excluding hydrogens is 216 g/mol. The van der Waals surface area contributed by atoms with E-state index in [1.807, 2.05) is 0 Å². The van der Waals surface area contributed by atoms with Crippen LogP contribution in [0.5, 0.6) is 0 Å². The van der Waals surface area contributed by atoms with Gasteiger partial charge in [0.25, 0.3) is 0 Å². The molecule has 2 fully saturated rings. The van der Waals surface area contributed by atoms with Gasteiger partial charge in [-0.2, -0.15) is 0 Å². The van der Waals surface area contributed by atoms with Gasteiger partial charge in [0, 0.05) is 0 Å². The summed E-state index contributed by atoms with van der Waals surface area (Å²) in [5.74, 6) is 5.16. The van der Waals surface area contributed by atoms with Gasteiger partial charge in [-0.1, -0.05) is 60.3 Å². The molecule has 0 aromatic heterocycles. The van der Waals surface area contributed by atoms with Crippen LogP contribution in [0.3, 0.4) is 0 Å². The van der Waals surface area contributed by atoms with Crippen LogP contribution in [0.1, 0.15) is 79.6 Å². The van der Waals surface area contributed by atoms with Gasteiger partial charge >= 0.3 is 0 Å². The van der Waals surface area contributed by atoms with Crippen LogP contribution >= 0.6 is 0 Å². The van der Waals surface area contributed by atoms with E-state index >= 15 is 0 Å². The van der Waals surface area contributed by atoms with Gasteiger partial charge in [0.15, 0.2) is 0 Å². The second kappa shape index (κ2) is 5.55. The zero-order chi connectivity index (χ0) is 13.3. The van der Waals surface area contributed by atoms with Crippen LogP contribution in [-0.2, 0) is 0 Å². The second-order valence-corrected chi connectivity index (χ2v) is 7.83. The number of rotatable bonds is 6. The fourth-order valence-electron chi connectivity index (χ4n) is 5.07. The van der Waals surface area contributed by atoms with Crippen molar-refractivity contribution in [2.75, 3.05) is 0 Å². The Morgan fingerprint density at radius 3 is 2.11 bits per heavy atom. The first-order valence-electron chi connectivity index (χ1n) is 8.51.